The highest BCUT2D eigenvalue weighted by Crippen LogP contribution is 2.20. The Hall–Kier alpha value is -2.92. The predicted octanol–water partition coefficient (Wildman–Crippen LogP) is 3.95. The van der Waals surface area contributed by atoms with Gasteiger partial charge in [0.1, 0.15) is 0 Å². The summed E-state index contributed by atoms with van der Waals surface area (Å²) in [7, 11) is 1.84. The molecule has 0 spiro atoms. The fraction of sp³-hybridized carbons (Fsp3) is 0.360. The molecule has 1 aliphatic heterocycles. The topological polar surface area (TPSA) is 52.6 Å². The summed E-state index contributed by atoms with van der Waals surface area (Å²) in [6, 6.07) is 22.1. The predicted molar refractivity (Wildman–Crippen MR) is 124 cm³/mol. The summed E-state index contributed by atoms with van der Waals surface area (Å²) in [5.41, 5.74) is 3.62. The Morgan fingerprint density at radius 2 is 1.93 bits per heavy atom. The van der Waals surface area contributed by atoms with Crippen molar-refractivity contribution in [3.8, 4) is 0 Å². The first-order chi connectivity index (χ1) is 14.7. The summed E-state index contributed by atoms with van der Waals surface area (Å²) in [6.45, 7) is 5.15. The van der Waals surface area contributed by atoms with Crippen molar-refractivity contribution in [2.24, 2.45) is 4.99 Å². The Morgan fingerprint density at radius 1 is 1.10 bits per heavy atom. The van der Waals surface area contributed by atoms with Crippen molar-refractivity contribution in [3.05, 3.63) is 78.0 Å². The van der Waals surface area contributed by atoms with E-state index in [2.05, 4.69) is 87.0 Å². The Kier molecular flexibility index (Phi) is 6.60. The van der Waals surface area contributed by atoms with Crippen LogP contribution in [0.2, 0.25) is 0 Å². The highest BCUT2D eigenvalue weighted by molar-refractivity contribution is 5.83. The van der Waals surface area contributed by atoms with Crippen LogP contribution in [-0.2, 0) is 13.1 Å². The van der Waals surface area contributed by atoms with Crippen molar-refractivity contribution < 1.29 is 0 Å². The van der Waals surface area contributed by atoms with E-state index in [4.69, 9.17) is 0 Å². The minimum atomic E-state index is 0.434. The minimum absolute atomic E-state index is 0.434. The molecule has 0 bridgehead atoms. The average Bonchev–Trinajstić information content (AvgIpc) is 2.79. The molecule has 0 aliphatic carbocycles. The summed E-state index contributed by atoms with van der Waals surface area (Å²) in [4.78, 5) is 11.6. The summed E-state index contributed by atoms with van der Waals surface area (Å²) in [6.07, 6.45) is 4.08. The fourth-order valence-corrected chi connectivity index (χ4v) is 4.28. The van der Waals surface area contributed by atoms with E-state index >= 15 is 0 Å². The highest BCUT2D eigenvalue weighted by atomic mass is 15.2. The standard InChI is InChI=1S/C25H31N5/c1-19-16-23(13-15-30(19)18-20-8-4-3-5-9-20)29-25(26-2)28-17-22-11-6-10-21-12-7-14-27-24(21)22/h3-12,14,19,23H,13,15-18H2,1-2H3,(H2,26,28,29). The number of piperidine rings is 1. The Morgan fingerprint density at radius 3 is 2.73 bits per heavy atom. The molecule has 156 valence electrons. The van der Waals surface area contributed by atoms with E-state index in [1.807, 2.05) is 19.3 Å². The third-order valence-corrected chi connectivity index (χ3v) is 5.97. The van der Waals surface area contributed by atoms with Crippen LogP contribution < -0.4 is 10.6 Å². The van der Waals surface area contributed by atoms with Gasteiger partial charge in [0.15, 0.2) is 5.96 Å². The molecule has 2 atom stereocenters. The van der Waals surface area contributed by atoms with E-state index in [1.54, 1.807) is 0 Å². The fourth-order valence-electron chi connectivity index (χ4n) is 4.28. The number of pyridine rings is 1. The van der Waals surface area contributed by atoms with Gasteiger partial charge in [-0.2, -0.15) is 0 Å². The molecular formula is C25H31N5. The van der Waals surface area contributed by atoms with Gasteiger partial charge in [-0.3, -0.25) is 14.9 Å². The van der Waals surface area contributed by atoms with Crippen LogP contribution in [-0.4, -0.2) is 41.5 Å². The van der Waals surface area contributed by atoms with E-state index in [0.29, 0.717) is 18.6 Å². The largest absolute Gasteiger partial charge is 0.354 e. The van der Waals surface area contributed by atoms with Crippen molar-refractivity contribution in [2.45, 2.75) is 44.9 Å². The molecule has 4 rings (SSSR count). The number of nitrogens with one attached hydrogen (secondary N) is 2. The molecule has 0 saturated carbocycles. The van der Waals surface area contributed by atoms with Gasteiger partial charge >= 0.3 is 0 Å². The maximum Gasteiger partial charge on any atom is 0.191 e. The summed E-state index contributed by atoms with van der Waals surface area (Å²) in [5.74, 6) is 0.858. The third kappa shape index (κ3) is 4.97. The van der Waals surface area contributed by atoms with Crippen LogP contribution in [0.25, 0.3) is 10.9 Å². The first-order valence-electron chi connectivity index (χ1n) is 10.8. The van der Waals surface area contributed by atoms with Crippen LogP contribution in [0.4, 0.5) is 0 Å². The van der Waals surface area contributed by atoms with Crippen molar-refractivity contribution in [2.75, 3.05) is 13.6 Å². The Balaban J connectivity index is 1.31. The molecule has 2 aromatic carbocycles. The Bertz CT molecular complexity index is 980. The molecule has 0 radical (unpaired) electrons. The van der Waals surface area contributed by atoms with Crippen molar-refractivity contribution in [1.82, 2.24) is 20.5 Å². The smallest absolute Gasteiger partial charge is 0.191 e. The lowest BCUT2D eigenvalue weighted by atomic mass is 9.97. The van der Waals surface area contributed by atoms with E-state index in [0.717, 1.165) is 37.4 Å². The molecular weight excluding hydrogens is 370 g/mol. The maximum atomic E-state index is 4.55. The van der Waals surface area contributed by atoms with E-state index in [9.17, 15) is 0 Å². The SMILES string of the molecule is CN=C(NCc1cccc2cccnc12)NC1CCN(Cc2ccccc2)C(C)C1. The molecule has 1 aliphatic rings. The normalized spacial score (nSPS) is 20.3. The second kappa shape index (κ2) is 9.72. The van der Waals surface area contributed by atoms with Gasteiger partial charge in [0.25, 0.3) is 0 Å². The van der Waals surface area contributed by atoms with Crippen LogP contribution in [0.3, 0.4) is 0 Å². The summed E-state index contributed by atoms with van der Waals surface area (Å²) in [5, 5.41) is 8.27. The molecule has 3 aromatic rings. The van der Waals surface area contributed by atoms with E-state index < -0.39 is 0 Å². The lowest BCUT2D eigenvalue weighted by molar-refractivity contribution is 0.134. The van der Waals surface area contributed by atoms with Crippen molar-refractivity contribution >= 4 is 16.9 Å². The number of nitrogens with zero attached hydrogens (tertiary/aromatic N) is 3. The zero-order valence-corrected chi connectivity index (χ0v) is 17.9. The second-order valence-electron chi connectivity index (χ2n) is 8.09. The molecule has 1 aromatic heterocycles. The van der Waals surface area contributed by atoms with Gasteiger partial charge < -0.3 is 10.6 Å². The second-order valence-corrected chi connectivity index (χ2v) is 8.09. The lowest BCUT2D eigenvalue weighted by Gasteiger charge is -2.38. The van der Waals surface area contributed by atoms with Crippen LogP contribution in [0.5, 0.6) is 0 Å². The van der Waals surface area contributed by atoms with Gasteiger partial charge in [-0.05, 0) is 37.0 Å². The van der Waals surface area contributed by atoms with Gasteiger partial charge in [-0.1, -0.05) is 54.6 Å². The first-order valence-corrected chi connectivity index (χ1v) is 10.8. The lowest BCUT2D eigenvalue weighted by Crippen LogP contribution is -2.51. The zero-order valence-electron chi connectivity index (χ0n) is 17.9. The van der Waals surface area contributed by atoms with Crippen molar-refractivity contribution in [3.63, 3.8) is 0 Å². The van der Waals surface area contributed by atoms with Crippen LogP contribution >= 0.6 is 0 Å². The average molecular weight is 402 g/mol. The number of likely N-dealkylation sites (tertiary alicyclic amines) is 1. The van der Waals surface area contributed by atoms with Crippen molar-refractivity contribution in [1.29, 1.82) is 0 Å². The number of benzene rings is 2. The van der Waals surface area contributed by atoms with E-state index in [-0.39, 0.29) is 0 Å². The van der Waals surface area contributed by atoms with Gasteiger partial charge in [-0.15, -0.1) is 0 Å². The van der Waals surface area contributed by atoms with Gasteiger partial charge in [-0.25, -0.2) is 0 Å². The number of guanidine groups is 1. The van der Waals surface area contributed by atoms with E-state index in [1.165, 1.54) is 16.5 Å². The van der Waals surface area contributed by atoms with Crippen LogP contribution in [0.1, 0.15) is 30.9 Å². The minimum Gasteiger partial charge on any atom is -0.354 e. The van der Waals surface area contributed by atoms with Gasteiger partial charge in [0, 0.05) is 50.3 Å². The summed E-state index contributed by atoms with van der Waals surface area (Å²) >= 11 is 0. The molecule has 5 nitrogen and oxygen atoms in total. The zero-order chi connectivity index (χ0) is 20.8. The quantitative estimate of drug-likeness (QED) is 0.502. The first kappa shape index (κ1) is 20.4. The van der Waals surface area contributed by atoms with Crippen LogP contribution in [0.15, 0.2) is 71.9 Å². The molecule has 2 heterocycles. The molecule has 2 N–H and O–H groups in total. The molecule has 2 unspecified atom stereocenters. The summed E-state index contributed by atoms with van der Waals surface area (Å²) < 4.78 is 0. The number of para-hydroxylation sites is 1. The molecule has 30 heavy (non-hydrogen) atoms. The van der Waals surface area contributed by atoms with Crippen LogP contribution in [0, 0.1) is 0 Å². The number of fused-ring (bicyclic) bond motifs is 1. The number of aliphatic imine (C=N–C) groups is 1. The molecule has 1 fully saturated rings. The highest BCUT2D eigenvalue weighted by Gasteiger charge is 2.26. The molecule has 0 amide bonds. The number of hydrogen-bond acceptors (Lipinski definition) is 3. The number of hydrogen-bond donors (Lipinski definition) is 2. The van der Waals surface area contributed by atoms with Gasteiger partial charge in [0.05, 0.1) is 5.52 Å². The van der Waals surface area contributed by atoms with Gasteiger partial charge in [0.2, 0.25) is 0 Å². The molecule has 1 saturated heterocycles. The number of rotatable bonds is 5. The number of aromatic nitrogens is 1. The third-order valence-electron chi connectivity index (χ3n) is 5.97. The molecule has 5 heteroatoms. The Labute approximate surface area is 179 Å². The monoisotopic (exact) mass is 401 g/mol. The maximum absolute atomic E-state index is 4.55.